The lowest BCUT2D eigenvalue weighted by atomic mass is 9.99. The molecule has 0 bridgehead atoms. The molecule has 1 unspecified atom stereocenters. The van der Waals surface area contributed by atoms with Crippen LogP contribution in [-0.4, -0.2) is 85.0 Å². The third kappa shape index (κ3) is 14.1. The van der Waals surface area contributed by atoms with Gasteiger partial charge < -0.3 is 30.2 Å². The van der Waals surface area contributed by atoms with Crippen LogP contribution in [0.2, 0.25) is 0 Å². The zero-order valence-electron chi connectivity index (χ0n) is 42.6. The normalized spacial score (nSPS) is 17.0. The number of H-pyrrole nitrogens is 2. The van der Waals surface area contributed by atoms with Crippen molar-refractivity contribution in [2.45, 2.75) is 153 Å². The number of aryl methyl sites for hydroxylation is 1. The van der Waals surface area contributed by atoms with Crippen molar-refractivity contribution in [3.05, 3.63) is 144 Å². The highest BCUT2D eigenvalue weighted by Gasteiger charge is 2.37. The van der Waals surface area contributed by atoms with Crippen LogP contribution in [0.4, 0.5) is 4.79 Å². The molecule has 2 fully saturated rings. The molecule has 71 heavy (non-hydrogen) atoms. The number of benzene rings is 4. The molecule has 6 aromatic rings. The molecule has 2 amide bonds. The summed E-state index contributed by atoms with van der Waals surface area (Å²) in [6, 6.07) is 34.8. The minimum absolute atomic E-state index is 0.267. The first-order valence-corrected chi connectivity index (χ1v) is 26.8. The third-order valence-corrected chi connectivity index (χ3v) is 15.0. The number of imidazole rings is 2. The van der Waals surface area contributed by atoms with Gasteiger partial charge in [-0.05, 0) is 111 Å². The van der Waals surface area contributed by atoms with Crippen molar-refractivity contribution in [1.82, 2.24) is 40.0 Å². The van der Waals surface area contributed by atoms with Crippen molar-refractivity contribution in [2.75, 3.05) is 27.2 Å². The van der Waals surface area contributed by atoms with E-state index in [-0.39, 0.29) is 11.9 Å². The Bertz CT molecular complexity index is 2550. The summed E-state index contributed by atoms with van der Waals surface area (Å²) in [7, 11) is 4.31. The Balaban J connectivity index is 0.733. The summed E-state index contributed by atoms with van der Waals surface area (Å²) >= 11 is 0. The quantitative estimate of drug-likeness (QED) is 0.0398. The van der Waals surface area contributed by atoms with E-state index in [9.17, 15) is 14.7 Å². The molecular weight excluding hydrogens is 881 g/mol. The number of rotatable bonds is 26. The molecule has 2 aliphatic heterocycles. The Morgan fingerprint density at radius 1 is 0.634 bits per heavy atom. The minimum Gasteiger partial charge on any atom is -0.465 e. The summed E-state index contributed by atoms with van der Waals surface area (Å²) in [4.78, 5) is 49.0. The second-order valence-electron chi connectivity index (χ2n) is 20.5. The fourth-order valence-electron chi connectivity index (χ4n) is 11.1. The summed E-state index contributed by atoms with van der Waals surface area (Å²) in [6.45, 7) is 5.14. The lowest BCUT2D eigenvalue weighted by Gasteiger charge is -2.29. The van der Waals surface area contributed by atoms with E-state index in [1.165, 1.54) is 107 Å². The van der Waals surface area contributed by atoms with Crippen molar-refractivity contribution >= 4 is 12.0 Å². The van der Waals surface area contributed by atoms with Gasteiger partial charge in [-0.2, -0.15) is 0 Å². The van der Waals surface area contributed by atoms with E-state index < -0.39 is 12.1 Å². The van der Waals surface area contributed by atoms with E-state index in [0.29, 0.717) is 30.0 Å². The van der Waals surface area contributed by atoms with E-state index in [4.69, 9.17) is 9.97 Å². The van der Waals surface area contributed by atoms with E-state index >= 15 is 0 Å². The standard InChI is InChI=1S/C60H78N8O3/c1-44(23-15-12-10-8-6-4-5-7-9-11-13-16-24-45-25-19-20-28-51(45)43-66(2)3)67-39-21-29-54(67)57-61-41-52(63-57)48-35-31-46(32-36-48)47-33-37-49(38-34-47)53-42-62-58(64-53)55-30-22-40-68(55)59(69)56(65-60(70)71)50-26-17-14-18-27-50/h14,17-20,25-28,31-38,41-42,44,54-56,65H,4-13,15-16,21-24,29-30,39-40,43H2,1-3H3,(H,61,63)(H,62,64)(H,70,71)/t44?,54-,55-,56+/m0/s1. The number of amides is 2. The molecule has 4 atom stereocenters. The van der Waals surface area contributed by atoms with Gasteiger partial charge in [-0.3, -0.25) is 9.69 Å². The van der Waals surface area contributed by atoms with E-state index in [2.05, 4.69) is 119 Å². The van der Waals surface area contributed by atoms with Crippen LogP contribution < -0.4 is 5.32 Å². The average Bonchev–Trinajstić information content (AvgIpc) is 4.24. The summed E-state index contributed by atoms with van der Waals surface area (Å²) in [5.41, 5.74) is 9.93. The minimum atomic E-state index is -1.24. The molecular formula is C60H78N8O3. The molecule has 8 rings (SSSR count). The zero-order valence-corrected chi connectivity index (χ0v) is 42.6. The second-order valence-corrected chi connectivity index (χ2v) is 20.5. The number of nitrogens with one attached hydrogen (secondary N) is 3. The number of carbonyl (C=O) groups excluding carboxylic acids is 1. The Labute approximate surface area is 422 Å². The van der Waals surface area contributed by atoms with Crippen LogP contribution in [0.5, 0.6) is 0 Å². The first-order valence-electron chi connectivity index (χ1n) is 26.8. The van der Waals surface area contributed by atoms with Crippen molar-refractivity contribution in [3.63, 3.8) is 0 Å². The molecule has 2 saturated heterocycles. The van der Waals surface area contributed by atoms with Crippen LogP contribution in [0.3, 0.4) is 0 Å². The monoisotopic (exact) mass is 959 g/mol. The first kappa shape index (κ1) is 51.3. The second kappa shape index (κ2) is 25.9. The number of hydrogen-bond donors (Lipinski definition) is 4. The van der Waals surface area contributed by atoms with Crippen LogP contribution >= 0.6 is 0 Å². The smallest absolute Gasteiger partial charge is 0.405 e. The van der Waals surface area contributed by atoms with Gasteiger partial charge in [0, 0.05) is 19.1 Å². The summed E-state index contributed by atoms with van der Waals surface area (Å²) in [5, 5.41) is 12.0. The van der Waals surface area contributed by atoms with Crippen LogP contribution in [0, 0.1) is 0 Å². The molecule has 4 aromatic carbocycles. The Hall–Kier alpha value is -6.04. The molecule has 376 valence electrons. The lowest BCUT2D eigenvalue weighted by molar-refractivity contribution is -0.134. The van der Waals surface area contributed by atoms with Crippen LogP contribution in [-0.2, 0) is 17.8 Å². The van der Waals surface area contributed by atoms with Gasteiger partial charge in [-0.1, -0.05) is 174 Å². The fraction of sp³-hybridized carbons (Fsp3) is 0.467. The molecule has 2 aromatic heterocycles. The molecule has 0 aliphatic carbocycles. The molecule has 2 aliphatic rings. The predicted molar refractivity (Wildman–Crippen MR) is 287 cm³/mol. The van der Waals surface area contributed by atoms with Crippen LogP contribution in [0.15, 0.2) is 116 Å². The van der Waals surface area contributed by atoms with Crippen molar-refractivity contribution in [1.29, 1.82) is 0 Å². The molecule has 0 spiro atoms. The molecule has 11 heteroatoms. The van der Waals surface area contributed by atoms with Gasteiger partial charge in [0.2, 0.25) is 0 Å². The number of carbonyl (C=O) groups is 2. The average molecular weight is 959 g/mol. The van der Waals surface area contributed by atoms with Gasteiger partial charge in [0.05, 0.1) is 35.9 Å². The van der Waals surface area contributed by atoms with Crippen molar-refractivity contribution < 1.29 is 14.7 Å². The Morgan fingerprint density at radius 3 is 1.70 bits per heavy atom. The number of hydrogen-bond acceptors (Lipinski definition) is 6. The Kier molecular flexibility index (Phi) is 18.7. The SMILES string of the molecule is CC(CCCCCCCCCCCCCCc1ccccc1CN(C)C)N1CCC[C@H]1c1ncc(-c2ccc(-c3ccc(-c4cnc([C@@H]5CCCN5C(=O)[C@H](NC(=O)O)c5ccccc5)[nH]4)cc3)cc2)[nH]1. The van der Waals surface area contributed by atoms with Gasteiger partial charge in [-0.15, -0.1) is 0 Å². The number of aromatic nitrogens is 4. The number of nitrogens with zero attached hydrogens (tertiary/aromatic N) is 5. The van der Waals surface area contributed by atoms with E-state index in [1.54, 1.807) is 29.2 Å². The zero-order chi connectivity index (χ0) is 49.4. The number of likely N-dealkylation sites (tertiary alicyclic amines) is 2. The van der Waals surface area contributed by atoms with Gasteiger partial charge in [0.25, 0.3) is 5.91 Å². The molecule has 4 N–H and O–H groups in total. The third-order valence-electron chi connectivity index (χ3n) is 15.0. The van der Waals surface area contributed by atoms with Crippen molar-refractivity contribution in [2.24, 2.45) is 0 Å². The summed E-state index contributed by atoms with van der Waals surface area (Å²) in [5.74, 6) is 1.51. The van der Waals surface area contributed by atoms with Crippen molar-refractivity contribution in [3.8, 4) is 33.6 Å². The predicted octanol–water partition coefficient (Wildman–Crippen LogP) is 13.7. The van der Waals surface area contributed by atoms with Gasteiger partial charge in [0.1, 0.15) is 17.7 Å². The number of aromatic amines is 2. The summed E-state index contributed by atoms with van der Waals surface area (Å²) in [6.07, 6.45) is 25.4. The summed E-state index contributed by atoms with van der Waals surface area (Å²) < 4.78 is 0. The largest absolute Gasteiger partial charge is 0.465 e. The topological polar surface area (TPSA) is 133 Å². The van der Waals surface area contributed by atoms with Crippen LogP contribution in [0.1, 0.15) is 163 Å². The lowest BCUT2D eigenvalue weighted by Crippen LogP contribution is -2.42. The maximum absolute atomic E-state index is 13.8. The Morgan fingerprint density at radius 2 is 1.13 bits per heavy atom. The number of carboxylic acid groups (broad SMARTS) is 1. The fourth-order valence-corrected chi connectivity index (χ4v) is 11.1. The van der Waals surface area contributed by atoms with E-state index in [0.717, 1.165) is 71.8 Å². The van der Waals surface area contributed by atoms with Gasteiger partial charge >= 0.3 is 6.09 Å². The maximum atomic E-state index is 13.8. The van der Waals surface area contributed by atoms with Crippen LogP contribution in [0.25, 0.3) is 33.6 Å². The molecule has 0 saturated carbocycles. The highest BCUT2D eigenvalue weighted by Crippen LogP contribution is 2.36. The van der Waals surface area contributed by atoms with Gasteiger partial charge in [0.15, 0.2) is 0 Å². The van der Waals surface area contributed by atoms with Gasteiger partial charge in [-0.25, -0.2) is 14.8 Å². The highest BCUT2D eigenvalue weighted by molar-refractivity contribution is 5.87. The first-order chi connectivity index (χ1) is 34.7. The van der Waals surface area contributed by atoms with E-state index in [1.807, 2.05) is 18.5 Å². The number of unbranched alkanes of at least 4 members (excludes halogenated alkanes) is 11. The molecule has 4 heterocycles. The maximum Gasteiger partial charge on any atom is 0.405 e. The molecule has 0 radical (unpaired) electrons. The molecule has 11 nitrogen and oxygen atoms in total. The highest BCUT2D eigenvalue weighted by atomic mass is 16.4.